The van der Waals surface area contributed by atoms with Crippen LogP contribution in [-0.4, -0.2) is 31.2 Å². The van der Waals surface area contributed by atoms with E-state index in [0.29, 0.717) is 34.0 Å². The number of hydrogen-bond donors (Lipinski definition) is 2. The van der Waals surface area contributed by atoms with Gasteiger partial charge in [-0.15, -0.1) is 10.2 Å². The third-order valence-corrected chi connectivity index (χ3v) is 5.44. The van der Waals surface area contributed by atoms with Crippen molar-refractivity contribution in [3.8, 4) is 11.5 Å². The summed E-state index contributed by atoms with van der Waals surface area (Å²) in [5.74, 6) is 0.374. The first-order valence-corrected chi connectivity index (χ1v) is 10.1. The van der Waals surface area contributed by atoms with Crippen LogP contribution in [0.4, 0.5) is 11.6 Å². The third-order valence-electron chi connectivity index (χ3n) is 5.44. The first-order chi connectivity index (χ1) is 15.1. The Morgan fingerprint density at radius 3 is 2.69 bits per heavy atom. The number of fused-ring (bicyclic) bond motifs is 2. The Balaban J connectivity index is 1.57. The van der Waals surface area contributed by atoms with Crippen molar-refractivity contribution >= 4 is 28.5 Å². The molecule has 0 bridgehead atoms. The zero-order chi connectivity index (χ0) is 22.7. The van der Waals surface area contributed by atoms with Crippen LogP contribution in [0.15, 0.2) is 47.3 Å². The lowest BCUT2D eigenvalue weighted by Crippen LogP contribution is -2.17. The van der Waals surface area contributed by atoms with Gasteiger partial charge in [0.1, 0.15) is 5.60 Å². The lowest BCUT2D eigenvalue weighted by molar-refractivity contribution is 0.00954. The highest BCUT2D eigenvalue weighted by molar-refractivity contribution is 5.95. The lowest BCUT2D eigenvalue weighted by atomic mass is 9.93. The van der Waals surface area contributed by atoms with Crippen LogP contribution in [0.1, 0.15) is 49.2 Å². The second kappa shape index (κ2) is 6.83. The van der Waals surface area contributed by atoms with Gasteiger partial charge in [0.2, 0.25) is 18.2 Å². The van der Waals surface area contributed by atoms with Crippen molar-refractivity contribution < 1.29 is 19.1 Å². The molecule has 2 aromatic carbocycles. The van der Waals surface area contributed by atoms with Crippen molar-refractivity contribution in [1.82, 2.24) is 20.2 Å². The normalized spacial score (nSPS) is 15.0. The van der Waals surface area contributed by atoms with Crippen molar-refractivity contribution in [2.45, 2.75) is 38.9 Å². The van der Waals surface area contributed by atoms with Crippen LogP contribution in [-0.2, 0) is 15.9 Å². The number of esters is 1. The molecule has 4 aromatic rings. The molecule has 162 valence electrons. The Hall–Kier alpha value is -3.85. The summed E-state index contributed by atoms with van der Waals surface area (Å²) in [5.41, 5.74) is 2.07. The third kappa shape index (κ3) is 3.36. The van der Waals surface area contributed by atoms with E-state index in [1.54, 1.807) is 38.2 Å². The van der Waals surface area contributed by atoms with Gasteiger partial charge in [-0.25, -0.2) is 14.8 Å². The second-order valence-electron chi connectivity index (χ2n) is 8.74. The number of nitrogens with one attached hydrogen (secondary N) is 1. The molecule has 0 atom stereocenters. The summed E-state index contributed by atoms with van der Waals surface area (Å²) in [5, 5.41) is 22.4. The Labute approximate surface area is 183 Å². The van der Waals surface area contributed by atoms with E-state index in [1.165, 1.54) is 6.39 Å². The molecule has 0 radical (unpaired) electrons. The number of carbonyl (C=O) groups excluding carboxylic acids is 1. The van der Waals surface area contributed by atoms with Gasteiger partial charge in [0.15, 0.2) is 0 Å². The molecule has 32 heavy (non-hydrogen) atoms. The van der Waals surface area contributed by atoms with Gasteiger partial charge in [-0.2, -0.15) is 0 Å². The van der Waals surface area contributed by atoms with Crippen LogP contribution < -0.4 is 5.32 Å². The number of aromatic nitrogens is 4. The van der Waals surface area contributed by atoms with E-state index >= 15 is 0 Å². The van der Waals surface area contributed by atoms with Gasteiger partial charge in [0.25, 0.3) is 0 Å². The van der Waals surface area contributed by atoms with E-state index < -0.39 is 11.2 Å². The fraction of sp³-hybridized carbons (Fsp3) is 0.261. The molecular formula is C23H21N5O4. The highest BCUT2D eigenvalue weighted by atomic mass is 16.6. The molecular weight excluding hydrogens is 410 g/mol. The average molecular weight is 431 g/mol. The first kappa shape index (κ1) is 20.1. The Morgan fingerprint density at radius 1 is 1.16 bits per heavy atom. The van der Waals surface area contributed by atoms with E-state index in [-0.39, 0.29) is 5.97 Å². The van der Waals surface area contributed by atoms with E-state index in [9.17, 15) is 9.90 Å². The number of cyclic esters (lactones) is 1. The van der Waals surface area contributed by atoms with Crippen molar-refractivity contribution in [3.05, 3.63) is 59.6 Å². The molecule has 9 nitrogen and oxygen atoms in total. The Bertz CT molecular complexity index is 1360. The van der Waals surface area contributed by atoms with Gasteiger partial charge in [-0.1, -0.05) is 0 Å². The molecule has 3 heterocycles. The van der Waals surface area contributed by atoms with Crippen LogP contribution in [0.25, 0.3) is 22.4 Å². The number of ether oxygens (including phenoxy) is 1. The predicted molar refractivity (Wildman–Crippen MR) is 116 cm³/mol. The van der Waals surface area contributed by atoms with Crippen molar-refractivity contribution in [2.24, 2.45) is 0 Å². The minimum absolute atomic E-state index is 0.328. The second-order valence-corrected chi connectivity index (χ2v) is 8.74. The topological polar surface area (TPSA) is 123 Å². The van der Waals surface area contributed by atoms with Gasteiger partial charge >= 0.3 is 5.97 Å². The summed E-state index contributed by atoms with van der Waals surface area (Å²) < 4.78 is 10.7. The SMILES string of the molecule is CC(C)(O)c1cc(-c2nnco2)cc2cnc(Nc3ccc4c(c3)C(C)(C)OC4=O)nc12. The van der Waals surface area contributed by atoms with E-state index in [1.807, 2.05) is 26.0 Å². The van der Waals surface area contributed by atoms with Crippen LogP contribution in [0.5, 0.6) is 0 Å². The standard InChI is InChI=1S/C23H21N5O4/c1-22(2,30)17-8-12(19-28-25-11-31-19)7-13-10-24-21(27-18(13)17)26-14-5-6-15-16(9-14)23(3,4)32-20(15)29/h5-11,30H,1-4H3,(H,24,26,27). The van der Waals surface area contributed by atoms with E-state index in [2.05, 4.69) is 25.5 Å². The Kier molecular flexibility index (Phi) is 4.28. The highest BCUT2D eigenvalue weighted by Crippen LogP contribution is 2.38. The molecule has 0 saturated heterocycles. The quantitative estimate of drug-likeness (QED) is 0.460. The number of rotatable bonds is 4. The summed E-state index contributed by atoms with van der Waals surface area (Å²) in [7, 11) is 0. The molecule has 0 aliphatic carbocycles. The van der Waals surface area contributed by atoms with Gasteiger partial charge in [0, 0.05) is 34.0 Å². The lowest BCUT2D eigenvalue weighted by Gasteiger charge is -2.21. The largest absolute Gasteiger partial charge is 0.451 e. The summed E-state index contributed by atoms with van der Waals surface area (Å²) >= 11 is 0. The molecule has 2 N–H and O–H groups in total. The zero-order valence-electron chi connectivity index (χ0n) is 18.0. The van der Waals surface area contributed by atoms with Gasteiger partial charge in [-0.05, 0) is 58.0 Å². The maximum Gasteiger partial charge on any atom is 0.339 e. The van der Waals surface area contributed by atoms with E-state index in [0.717, 1.165) is 16.6 Å². The number of hydrogen-bond acceptors (Lipinski definition) is 9. The van der Waals surface area contributed by atoms with Gasteiger partial charge in [-0.3, -0.25) is 0 Å². The van der Waals surface area contributed by atoms with Gasteiger partial charge in [0.05, 0.1) is 16.7 Å². The molecule has 2 aromatic heterocycles. The summed E-state index contributed by atoms with van der Waals surface area (Å²) in [4.78, 5) is 21.1. The molecule has 1 aliphatic rings. The molecule has 9 heteroatoms. The fourth-order valence-electron chi connectivity index (χ4n) is 3.86. The van der Waals surface area contributed by atoms with Crippen LogP contribution in [0.3, 0.4) is 0 Å². The first-order valence-electron chi connectivity index (χ1n) is 10.1. The van der Waals surface area contributed by atoms with Crippen molar-refractivity contribution in [1.29, 1.82) is 0 Å². The summed E-state index contributed by atoms with van der Waals surface area (Å²) in [6.45, 7) is 7.08. The molecule has 0 amide bonds. The summed E-state index contributed by atoms with van der Waals surface area (Å²) in [6.07, 6.45) is 2.92. The molecule has 0 spiro atoms. The van der Waals surface area contributed by atoms with E-state index in [4.69, 9.17) is 9.15 Å². The molecule has 5 rings (SSSR count). The molecule has 0 fully saturated rings. The maximum atomic E-state index is 12.0. The van der Waals surface area contributed by atoms with Crippen LogP contribution in [0, 0.1) is 0 Å². The summed E-state index contributed by atoms with van der Waals surface area (Å²) in [6, 6.07) is 9.00. The smallest absolute Gasteiger partial charge is 0.339 e. The monoisotopic (exact) mass is 431 g/mol. The number of carbonyl (C=O) groups is 1. The number of benzene rings is 2. The predicted octanol–water partition coefficient (Wildman–Crippen LogP) is 4.06. The number of aliphatic hydroxyl groups is 1. The number of anilines is 2. The highest BCUT2D eigenvalue weighted by Gasteiger charge is 2.37. The fourth-order valence-corrected chi connectivity index (χ4v) is 3.86. The average Bonchev–Trinajstić information content (AvgIpc) is 3.33. The van der Waals surface area contributed by atoms with Crippen molar-refractivity contribution in [2.75, 3.05) is 5.32 Å². The zero-order valence-corrected chi connectivity index (χ0v) is 18.0. The van der Waals surface area contributed by atoms with Crippen molar-refractivity contribution in [3.63, 3.8) is 0 Å². The minimum atomic E-state index is -1.17. The Morgan fingerprint density at radius 2 is 1.97 bits per heavy atom. The van der Waals surface area contributed by atoms with Gasteiger partial charge < -0.3 is 19.6 Å². The van der Waals surface area contributed by atoms with Crippen LogP contribution >= 0.6 is 0 Å². The molecule has 0 unspecified atom stereocenters. The number of nitrogens with zero attached hydrogens (tertiary/aromatic N) is 4. The minimum Gasteiger partial charge on any atom is -0.451 e. The van der Waals surface area contributed by atoms with Crippen LogP contribution in [0.2, 0.25) is 0 Å². The maximum absolute atomic E-state index is 12.0. The molecule has 0 saturated carbocycles. The molecule has 1 aliphatic heterocycles.